The van der Waals surface area contributed by atoms with Gasteiger partial charge in [-0.15, -0.1) is 10.2 Å². The van der Waals surface area contributed by atoms with E-state index in [-0.39, 0.29) is 11.6 Å². The second-order valence-corrected chi connectivity index (χ2v) is 8.61. The maximum absolute atomic E-state index is 12.9. The van der Waals surface area contributed by atoms with Crippen LogP contribution in [0.1, 0.15) is 22.0 Å². The van der Waals surface area contributed by atoms with Gasteiger partial charge in [0.2, 0.25) is 5.13 Å². The van der Waals surface area contributed by atoms with Gasteiger partial charge >= 0.3 is 0 Å². The lowest BCUT2D eigenvalue weighted by atomic mass is 10.3. The van der Waals surface area contributed by atoms with E-state index in [0.29, 0.717) is 26.0 Å². The number of anilines is 1. The van der Waals surface area contributed by atoms with E-state index in [1.807, 2.05) is 31.2 Å². The Morgan fingerprint density at radius 1 is 1.14 bits per heavy atom. The van der Waals surface area contributed by atoms with Crippen LogP contribution in [0.5, 0.6) is 0 Å². The van der Waals surface area contributed by atoms with E-state index in [1.54, 1.807) is 13.1 Å². The summed E-state index contributed by atoms with van der Waals surface area (Å²) in [6, 6.07) is 7.58. The summed E-state index contributed by atoms with van der Waals surface area (Å²) in [5.74, 6) is 0.247. The summed E-state index contributed by atoms with van der Waals surface area (Å²) in [6.45, 7) is 3.69. The molecule has 0 fully saturated rings. The highest BCUT2D eigenvalue weighted by Gasteiger charge is 2.18. The van der Waals surface area contributed by atoms with Crippen LogP contribution in [0.15, 0.2) is 56.8 Å². The van der Waals surface area contributed by atoms with Crippen LogP contribution in [0.25, 0.3) is 0 Å². The van der Waals surface area contributed by atoms with Gasteiger partial charge in [-0.3, -0.25) is 15.1 Å². The Morgan fingerprint density at radius 2 is 2.03 bits per heavy atom. The van der Waals surface area contributed by atoms with Gasteiger partial charge in [0.25, 0.3) is 5.91 Å². The molecule has 2 N–H and O–H groups in total. The Morgan fingerprint density at radius 3 is 2.72 bits per heavy atom. The van der Waals surface area contributed by atoms with Crippen molar-refractivity contribution >= 4 is 46.1 Å². The molecule has 0 unspecified atom stereocenters. The molecule has 0 aliphatic heterocycles. The lowest BCUT2D eigenvalue weighted by Crippen LogP contribution is -2.15. The second kappa shape index (κ2) is 8.68. The fourth-order valence-electron chi connectivity index (χ4n) is 2.22. The Balaban J connectivity index is 1.64. The summed E-state index contributed by atoms with van der Waals surface area (Å²) in [5.41, 5.74) is 1.21. The predicted molar refractivity (Wildman–Crippen MR) is 110 cm³/mol. The van der Waals surface area contributed by atoms with Crippen LogP contribution in [0, 0.1) is 13.8 Å². The van der Waals surface area contributed by atoms with Crippen LogP contribution in [-0.2, 0) is 0 Å². The highest BCUT2D eigenvalue weighted by Crippen LogP contribution is 2.32. The van der Waals surface area contributed by atoms with Gasteiger partial charge in [-0.2, -0.15) is 4.37 Å². The molecular weight excluding hydrogens is 428 g/mol. The Bertz CT molecular complexity index is 1130. The molecule has 0 aliphatic rings. The molecule has 4 aromatic rings. The number of H-pyrrole nitrogens is 1. The van der Waals surface area contributed by atoms with Crippen molar-refractivity contribution in [1.82, 2.24) is 34.5 Å². The third-order valence-electron chi connectivity index (χ3n) is 3.50. The fourth-order valence-corrected chi connectivity index (χ4v) is 4.33. The van der Waals surface area contributed by atoms with Gasteiger partial charge in [-0.25, -0.2) is 9.97 Å². The van der Waals surface area contributed by atoms with Gasteiger partial charge in [-0.05, 0) is 49.9 Å². The first-order valence-electron chi connectivity index (χ1n) is 8.34. The molecule has 9 nitrogen and oxygen atoms in total. The number of carbonyl (C=O) groups is 1. The summed E-state index contributed by atoms with van der Waals surface area (Å²) in [4.78, 5) is 30.5. The highest BCUT2D eigenvalue weighted by molar-refractivity contribution is 7.99. The fraction of sp³-hybridized carbons (Fsp3) is 0.118. The molecule has 0 bridgehead atoms. The van der Waals surface area contributed by atoms with Crippen molar-refractivity contribution in [2.45, 2.75) is 33.8 Å². The van der Waals surface area contributed by atoms with Crippen LogP contribution in [0.4, 0.5) is 5.13 Å². The lowest BCUT2D eigenvalue weighted by molar-refractivity contribution is 0.101. The number of amides is 1. The van der Waals surface area contributed by atoms with E-state index >= 15 is 0 Å². The summed E-state index contributed by atoms with van der Waals surface area (Å²) in [5, 5.41) is 12.1. The standard InChI is InChI=1S/C17H14N8OS3/c1-9-3-4-11(7-18-9)27-12-5-6-13(28-16-19-8-20-24-16)22-14(12)15(26)23-17-21-10(2)25-29-17/h3-8H,1-2H3,(H,19,20,24)(H,21,23,25,26). The minimum absolute atomic E-state index is 0.285. The number of hydrogen-bond donors (Lipinski definition) is 2. The van der Waals surface area contributed by atoms with Crippen molar-refractivity contribution in [2.24, 2.45) is 0 Å². The first kappa shape index (κ1) is 19.5. The van der Waals surface area contributed by atoms with Gasteiger partial charge in [0, 0.05) is 33.2 Å². The molecule has 0 saturated heterocycles. The Hall–Kier alpha value is -2.83. The minimum Gasteiger partial charge on any atom is -0.322 e. The SMILES string of the molecule is Cc1ccc(Sc2ccc(Sc3nnc[nH]3)nc2C(=O)Nc2nc(C)ns2)cn1. The van der Waals surface area contributed by atoms with Crippen molar-refractivity contribution in [3.05, 3.63) is 54.0 Å². The molecule has 146 valence electrons. The summed E-state index contributed by atoms with van der Waals surface area (Å²) < 4.78 is 4.09. The van der Waals surface area contributed by atoms with Crippen LogP contribution >= 0.6 is 35.1 Å². The zero-order valence-electron chi connectivity index (χ0n) is 15.3. The van der Waals surface area contributed by atoms with E-state index in [2.05, 4.69) is 39.8 Å². The van der Waals surface area contributed by atoms with E-state index in [4.69, 9.17) is 0 Å². The average molecular weight is 443 g/mol. The number of nitrogens with zero attached hydrogens (tertiary/aromatic N) is 6. The molecule has 29 heavy (non-hydrogen) atoms. The van der Waals surface area contributed by atoms with Crippen LogP contribution in [0.3, 0.4) is 0 Å². The number of aromatic nitrogens is 7. The largest absolute Gasteiger partial charge is 0.322 e. The van der Waals surface area contributed by atoms with Gasteiger partial charge in [0.1, 0.15) is 22.9 Å². The van der Waals surface area contributed by atoms with Gasteiger partial charge < -0.3 is 4.98 Å². The Labute approximate surface area is 178 Å². The monoisotopic (exact) mass is 442 g/mol. The number of nitrogens with one attached hydrogen (secondary N) is 2. The number of aryl methyl sites for hydroxylation is 2. The molecule has 0 spiro atoms. The predicted octanol–water partition coefficient (Wildman–Crippen LogP) is 3.62. The molecule has 12 heteroatoms. The summed E-state index contributed by atoms with van der Waals surface area (Å²) in [7, 11) is 0. The molecule has 4 rings (SSSR count). The zero-order valence-corrected chi connectivity index (χ0v) is 17.7. The molecule has 0 aromatic carbocycles. The third-order valence-corrected chi connectivity index (χ3v) is 6.08. The van der Waals surface area contributed by atoms with Crippen molar-refractivity contribution in [3.8, 4) is 0 Å². The average Bonchev–Trinajstić information content (AvgIpc) is 3.36. The van der Waals surface area contributed by atoms with Gasteiger partial charge in [-0.1, -0.05) is 11.8 Å². The van der Waals surface area contributed by atoms with E-state index in [1.165, 1.54) is 29.9 Å². The minimum atomic E-state index is -0.358. The quantitative estimate of drug-likeness (QED) is 0.461. The molecule has 1 amide bonds. The summed E-state index contributed by atoms with van der Waals surface area (Å²) >= 11 is 3.83. The maximum atomic E-state index is 12.9. The van der Waals surface area contributed by atoms with Crippen molar-refractivity contribution in [1.29, 1.82) is 0 Å². The molecule has 0 aliphatic carbocycles. The zero-order chi connectivity index (χ0) is 20.2. The van der Waals surface area contributed by atoms with Crippen molar-refractivity contribution in [3.63, 3.8) is 0 Å². The number of hydrogen-bond acceptors (Lipinski definition) is 10. The number of rotatable bonds is 6. The van der Waals surface area contributed by atoms with E-state index in [9.17, 15) is 4.79 Å². The molecule has 0 atom stereocenters. The molecule has 4 aromatic heterocycles. The second-order valence-electron chi connectivity index (χ2n) is 5.73. The topological polar surface area (TPSA) is 122 Å². The van der Waals surface area contributed by atoms with Crippen molar-refractivity contribution in [2.75, 3.05) is 5.32 Å². The molecule has 4 heterocycles. The van der Waals surface area contributed by atoms with Gasteiger partial charge in [0.05, 0.1) is 0 Å². The van der Waals surface area contributed by atoms with Crippen LogP contribution < -0.4 is 5.32 Å². The van der Waals surface area contributed by atoms with Crippen LogP contribution in [-0.4, -0.2) is 40.4 Å². The normalized spacial score (nSPS) is 10.8. The lowest BCUT2D eigenvalue weighted by Gasteiger charge is -2.09. The third kappa shape index (κ3) is 4.96. The highest BCUT2D eigenvalue weighted by atomic mass is 32.2. The number of pyridine rings is 2. The molecular formula is C17H14N8OS3. The van der Waals surface area contributed by atoms with Crippen LogP contribution in [0.2, 0.25) is 0 Å². The van der Waals surface area contributed by atoms with Gasteiger partial charge in [0.15, 0.2) is 5.16 Å². The Kier molecular flexibility index (Phi) is 5.83. The first-order valence-corrected chi connectivity index (χ1v) is 10.7. The van der Waals surface area contributed by atoms with Crippen molar-refractivity contribution < 1.29 is 4.79 Å². The van der Waals surface area contributed by atoms with E-state index in [0.717, 1.165) is 22.1 Å². The number of carbonyl (C=O) groups excluding carboxylic acids is 1. The molecule has 0 radical (unpaired) electrons. The van der Waals surface area contributed by atoms with E-state index < -0.39 is 0 Å². The smallest absolute Gasteiger partial charge is 0.277 e. The number of aromatic amines is 1. The first-order chi connectivity index (χ1) is 14.1. The maximum Gasteiger partial charge on any atom is 0.277 e. The molecule has 0 saturated carbocycles. The summed E-state index contributed by atoms with van der Waals surface area (Å²) in [6.07, 6.45) is 3.26.